The standard InChI is InChI=1S/C11H5BrClN7/c12-8-1-6(3-14)10(2-9(8)13)16-5-7(4-15)11-17-19-20-18-11/h1-2,5,16H,(H,17,18,19,20). The highest BCUT2D eigenvalue weighted by Crippen LogP contribution is 2.29. The van der Waals surface area contributed by atoms with Gasteiger partial charge in [0.2, 0.25) is 5.82 Å². The third-order valence-electron chi connectivity index (χ3n) is 2.26. The zero-order valence-corrected chi connectivity index (χ0v) is 12.1. The van der Waals surface area contributed by atoms with Crippen LogP contribution in [0.15, 0.2) is 22.8 Å². The fourth-order valence-corrected chi connectivity index (χ4v) is 1.84. The number of anilines is 1. The van der Waals surface area contributed by atoms with E-state index in [4.69, 9.17) is 22.1 Å². The highest BCUT2D eigenvalue weighted by Gasteiger charge is 2.08. The molecule has 2 N–H and O–H groups in total. The van der Waals surface area contributed by atoms with Crippen molar-refractivity contribution >= 4 is 38.8 Å². The zero-order chi connectivity index (χ0) is 14.5. The summed E-state index contributed by atoms with van der Waals surface area (Å²) < 4.78 is 0.615. The summed E-state index contributed by atoms with van der Waals surface area (Å²) in [6.45, 7) is 0. The monoisotopic (exact) mass is 349 g/mol. The third kappa shape index (κ3) is 2.94. The molecular weight excluding hydrogens is 346 g/mol. The van der Waals surface area contributed by atoms with Crippen molar-refractivity contribution in [1.29, 1.82) is 10.5 Å². The van der Waals surface area contributed by atoms with Crippen molar-refractivity contribution in [3.05, 3.63) is 39.2 Å². The Bertz CT molecular complexity index is 739. The minimum absolute atomic E-state index is 0.154. The van der Waals surface area contributed by atoms with E-state index in [0.29, 0.717) is 20.7 Å². The van der Waals surface area contributed by atoms with Crippen molar-refractivity contribution in [2.75, 3.05) is 5.32 Å². The summed E-state index contributed by atoms with van der Waals surface area (Å²) in [6, 6.07) is 7.11. The number of halogens is 2. The molecular formula is C11H5BrClN7. The molecule has 1 aromatic heterocycles. The molecule has 0 aliphatic carbocycles. The van der Waals surface area contributed by atoms with Crippen LogP contribution in [-0.4, -0.2) is 20.6 Å². The number of hydrogen-bond acceptors (Lipinski definition) is 6. The highest BCUT2D eigenvalue weighted by atomic mass is 79.9. The van der Waals surface area contributed by atoms with E-state index in [0.717, 1.165) is 0 Å². The molecule has 0 spiro atoms. The Hall–Kier alpha value is -2.42. The van der Waals surface area contributed by atoms with Gasteiger partial charge in [0.15, 0.2) is 0 Å². The van der Waals surface area contributed by atoms with Gasteiger partial charge in [-0.1, -0.05) is 11.6 Å². The Labute approximate surface area is 127 Å². The lowest BCUT2D eigenvalue weighted by atomic mass is 10.2. The predicted molar refractivity (Wildman–Crippen MR) is 75.3 cm³/mol. The van der Waals surface area contributed by atoms with Crippen LogP contribution in [0.5, 0.6) is 0 Å². The molecule has 0 radical (unpaired) electrons. The number of hydrogen-bond donors (Lipinski definition) is 2. The van der Waals surface area contributed by atoms with Crippen LogP contribution in [0.2, 0.25) is 5.02 Å². The van der Waals surface area contributed by atoms with Crippen LogP contribution in [0.4, 0.5) is 5.69 Å². The average Bonchev–Trinajstić information content (AvgIpc) is 2.97. The van der Waals surface area contributed by atoms with Gasteiger partial charge in [-0.15, -0.1) is 10.2 Å². The normalized spacial score (nSPS) is 10.7. The van der Waals surface area contributed by atoms with Crippen LogP contribution in [0.1, 0.15) is 11.4 Å². The lowest BCUT2D eigenvalue weighted by Gasteiger charge is -2.06. The first-order chi connectivity index (χ1) is 9.65. The number of aromatic nitrogens is 4. The molecule has 0 amide bonds. The van der Waals surface area contributed by atoms with Crippen molar-refractivity contribution < 1.29 is 0 Å². The van der Waals surface area contributed by atoms with Gasteiger partial charge < -0.3 is 5.32 Å². The number of nitrogens with zero attached hydrogens (tertiary/aromatic N) is 5. The van der Waals surface area contributed by atoms with E-state index in [2.05, 4.69) is 41.9 Å². The number of allylic oxidation sites excluding steroid dienone is 1. The van der Waals surface area contributed by atoms with E-state index in [1.54, 1.807) is 12.1 Å². The third-order valence-corrected chi connectivity index (χ3v) is 3.46. The Morgan fingerprint density at radius 3 is 2.85 bits per heavy atom. The molecule has 0 aliphatic heterocycles. The van der Waals surface area contributed by atoms with Crippen LogP contribution in [0.3, 0.4) is 0 Å². The molecule has 2 rings (SSSR count). The minimum Gasteiger partial charge on any atom is -0.359 e. The summed E-state index contributed by atoms with van der Waals surface area (Å²) in [5.74, 6) is 0.154. The molecule has 0 saturated heterocycles. The highest BCUT2D eigenvalue weighted by molar-refractivity contribution is 9.10. The number of aromatic amines is 1. The van der Waals surface area contributed by atoms with Crippen molar-refractivity contribution in [2.45, 2.75) is 0 Å². The smallest absolute Gasteiger partial charge is 0.216 e. The number of nitriles is 2. The molecule has 1 heterocycles. The van der Waals surface area contributed by atoms with Gasteiger partial charge in [0.05, 0.1) is 16.3 Å². The SMILES string of the molecule is N#CC(=CNc1cc(Cl)c(Br)cc1C#N)c1nn[nH]n1. The zero-order valence-electron chi connectivity index (χ0n) is 9.72. The number of H-pyrrole nitrogens is 1. The molecule has 0 unspecified atom stereocenters. The van der Waals surface area contributed by atoms with Crippen molar-refractivity contribution in [3.8, 4) is 12.1 Å². The minimum atomic E-state index is 0.154. The first kappa shape index (κ1) is 14.0. The summed E-state index contributed by atoms with van der Waals surface area (Å²) in [5, 5.41) is 34.4. The summed E-state index contributed by atoms with van der Waals surface area (Å²) in [5.41, 5.74) is 1.02. The summed E-state index contributed by atoms with van der Waals surface area (Å²) in [6.07, 6.45) is 1.38. The fraction of sp³-hybridized carbons (Fsp3) is 0. The van der Waals surface area contributed by atoms with Crippen LogP contribution >= 0.6 is 27.5 Å². The topological polar surface area (TPSA) is 114 Å². The molecule has 0 bridgehead atoms. The number of tetrazole rings is 1. The van der Waals surface area contributed by atoms with Gasteiger partial charge in [-0.25, -0.2) is 0 Å². The fourth-order valence-electron chi connectivity index (χ4n) is 1.33. The first-order valence-corrected chi connectivity index (χ1v) is 6.32. The second-order valence-electron chi connectivity index (χ2n) is 3.47. The molecule has 0 atom stereocenters. The van der Waals surface area contributed by atoms with E-state index in [1.165, 1.54) is 6.20 Å². The number of benzene rings is 1. The maximum Gasteiger partial charge on any atom is 0.216 e. The Balaban J connectivity index is 2.34. The van der Waals surface area contributed by atoms with E-state index in [9.17, 15) is 0 Å². The van der Waals surface area contributed by atoms with Gasteiger partial charge in [0.25, 0.3) is 0 Å². The second kappa shape index (κ2) is 6.15. The molecule has 1 aromatic carbocycles. The molecule has 0 aliphatic rings. The molecule has 9 heteroatoms. The van der Waals surface area contributed by atoms with E-state index >= 15 is 0 Å². The Morgan fingerprint density at radius 1 is 1.45 bits per heavy atom. The van der Waals surface area contributed by atoms with Crippen molar-refractivity contribution in [2.24, 2.45) is 0 Å². The van der Waals surface area contributed by atoms with Crippen LogP contribution in [0, 0.1) is 22.7 Å². The van der Waals surface area contributed by atoms with Gasteiger partial charge in [-0.05, 0) is 33.3 Å². The lowest BCUT2D eigenvalue weighted by Crippen LogP contribution is -1.95. The summed E-state index contributed by atoms with van der Waals surface area (Å²) in [4.78, 5) is 0. The quantitative estimate of drug-likeness (QED) is 0.822. The Kier molecular flexibility index (Phi) is 4.31. The van der Waals surface area contributed by atoms with Crippen molar-refractivity contribution in [1.82, 2.24) is 20.6 Å². The average molecular weight is 351 g/mol. The lowest BCUT2D eigenvalue weighted by molar-refractivity contribution is 0.881. The van der Waals surface area contributed by atoms with Crippen LogP contribution in [0.25, 0.3) is 5.57 Å². The molecule has 2 aromatic rings. The van der Waals surface area contributed by atoms with Crippen molar-refractivity contribution in [3.63, 3.8) is 0 Å². The van der Waals surface area contributed by atoms with E-state index in [1.807, 2.05) is 12.1 Å². The summed E-state index contributed by atoms with van der Waals surface area (Å²) in [7, 11) is 0. The molecule has 7 nitrogen and oxygen atoms in total. The van der Waals surface area contributed by atoms with Gasteiger partial charge >= 0.3 is 0 Å². The first-order valence-electron chi connectivity index (χ1n) is 5.15. The maximum absolute atomic E-state index is 9.06. The second-order valence-corrected chi connectivity index (χ2v) is 4.73. The van der Waals surface area contributed by atoms with Gasteiger partial charge in [-0.2, -0.15) is 15.7 Å². The van der Waals surface area contributed by atoms with Crippen LogP contribution in [-0.2, 0) is 0 Å². The van der Waals surface area contributed by atoms with Gasteiger partial charge in [-0.3, -0.25) is 0 Å². The molecule has 98 valence electrons. The maximum atomic E-state index is 9.06. The van der Waals surface area contributed by atoms with Gasteiger partial charge in [0.1, 0.15) is 17.7 Å². The Morgan fingerprint density at radius 2 is 2.25 bits per heavy atom. The molecule has 20 heavy (non-hydrogen) atoms. The largest absolute Gasteiger partial charge is 0.359 e. The van der Waals surface area contributed by atoms with E-state index < -0.39 is 0 Å². The van der Waals surface area contributed by atoms with Crippen LogP contribution < -0.4 is 5.32 Å². The number of rotatable bonds is 3. The number of nitrogens with one attached hydrogen (secondary N) is 2. The molecule has 0 saturated carbocycles. The van der Waals surface area contributed by atoms with E-state index in [-0.39, 0.29) is 11.4 Å². The van der Waals surface area contributed by atoms with Gasteiger partial charge in [0, 0.05) is 10.7 Å². The molecule has 0 fully saturated rings. The summed E-state index contributed by atoms with van der Waals surface area (Å²) >= 11 is 9.21. The predicted octanol–water partition coefficient (Wildman–Crippen LogP) is 2.46.